The van der Waals surface area contributed by atoms with Crippen molar-refractivity contribution in [1.29, 1.82) is 0 Å². The van der Waals surface area contributed by atoms with Crippen LogP contribution in [0.15, 0.2) is 47.4 Å². The van der Waals surface area contributed by atoms with Crippen molar-refractivity contribution in [2.45, 2.75) is 6.54 Å². The normalized spacial score (nSPS) is 10.2. The minimum absolute atomic E-state index is 0.0989. The van der Waals surface area contributed by atoms with Crippen LogP contribution in [0.4, 0.5) is 5.69 Å². The monoisotopic (exact) mass is 257 g/mol. The molecular formula is C14H15N3O2. The van der Waals surface area contributed by atoms with E-state index in [1.54, 1.807) is 6.07 Å². The Balaban J connectivity index is 2.25. The molecule has 5 nitrogen and oxygen atoms in total. The number of aromatic nitrogens is 1. The molecule has 1 amide bonds. The molecule has 3 N–H and O–H groups in total. The molecular weight excluding hydrogens is 242 g/mol. The van der Waals surface area contributed by atoms with Crippen LogP contribution in [0.2, 0.25) is 0 Å². The molecule has 1 aromatic carbocycles. The van der Waals surface area contributed by atoms with E-state index in [1.807, 2.05) is 31.3 Å². The van der Waals surface area contributed by atoms with E-state index in [0.29, 0.717) is 12.2 Å². The Kier molecular flexibility index (Phi) is 4.10. The average Bonchev–Trinajstić information content (AvgIpc) is 2.41. The third-order valence-electron chi connectivity index (χ3n) is 2.70. The number of pyridine rings is 1. The van der Waals surface area contributed by atoms with Gasteiger partial charge in [-0.3, -0.25) is 9.59 Å². The Bertz CT molecular complexity index is 634. The number of hydrogen-bond acceptors (Lipinski definition) is 3. The van der Waals surface area contributed by atoms with Crippen molar-refractivity contribution in [3.63, 3.8) is 0 Å². The molecule has 2 aromatic rings. The van der Waals surface area contributed by atoms with Gasteiger partial charge < -0.3 is 15.6 Å². The van der Waals surface area contributed by atoms with Crippen LogP contribution in [0.5, 0.6) is 0 Å². The van der Waals surface area contributed by atoms with E-state index in [0.717, 1.165) is 5.56 Å². The van der Waals surface area contributed by atoms with Gasteiger partial charge in [-0.15, -0.1) is 0 Å². The predicted molar refractivity (Wildman–Crippen MR) is 74.2 cm³/mol. The van der Waals surface area contributed by atoms with Crippen LogP contribution in [0.1, 0.15) is 15.9 Å². The molecule has 0 atom stereocenters. The molecule has 1 heterocycles. The third kappa shape index (κ3) is 3.08. The summed E-state index contributed by atoms with van der Waals surface area (Å²) in [6.45, 7) is 0.640. The molecule has 19 heavy (non-hydrogen) atoms. The Hall–Kier alpha value is -2.40. The number of hydrogen-bond donors (Lipinski definition) is 3. The summed E-state index contributed by atoms with van der Waals surface area (Å²) >= 11 is 0. The van der Waals surface area contributed by atoms with Crippen LogP contribution < -0.4 is 16.2 Å². The van der Waals surface area contributed by atoms with Crippen molar-refractivity contribution >= 4 is 11.6 Å². The van der Waals surface area contributed by atoms with Crippen molar-refractivity contribution in [1.82, 2.24) is 10.3 Å². The Labute approximate surface area is 110 Å². The molecule has 98 valence electrons. The van der Waals surface area contributed by atoms with Gasteiger partial charge in [-0.25, -0.2) is 0 Å². The number of nitrogens with one attached hydrogen (secondary N) is 3. The van der Waals surface area contributed by atoms with E-state index in [1.165, 1.54) is 12.3 Å². The quantitative estimate of drug-likeness (QED) is 0.774. The molecule has 5 heteroatoms. The van der Waals surface area contributed by atoms with Crippen molar-refractivity contribution in [3.05, 3.63) is 64.1 Å². The largest absolute Gasteiger partial charge is 0.328 e. The lowest BCUT2D eigenvalue weighted by atomic mass is 10.1. The van der Waals surface area contributed by atoms with Gasteiger partial charge in [0, 0.05) is 18.4 Å². The van der Waals surface area contributed by atoms with Crippen LogP contribution in [0.25, 0.3) is 0 Å². The van der Waals surface area contributed by atoms with Gasteiger partial charge in [-0.1, -0.05) is 18.2 Å². The highest BCUT2D eigenvalue weighted by Gasteiger charge is 2.11. The fourth-order valence-electron chi connectivity index (χ4n) is 1.78. The third-order valence-corrected chi connectivity index (χ3v) is 2.70. The van der Waals surface area contributed by atoms with Crippen molar-refractivity contribution in [2.75, 3.05) is 12.4 Å². The number of carbonyl (C=O) groups is 1. The summed E-state index contributed by atoms with van der Waals surface area (Å²) in [6, 6.07) is 10.6. The number of amides is 1. The number of carbonyl (C=O) groups excluding carboxylic acids is 1. The molecule has 0 fully saturated rings. The zero-order valence-corrected chi connectivity index (χ0v) is 10.6. The number of aromatic amines is 1. The molecule has 1 aromatic heterocycles. The van der Waals surface area contributed by atoms with Gasteiger partial charge in [0.25, 0.3) is 11.5 Å². The standard InChI is InChI=1S/C14H15N3O2/c1-15-9-10-5-2-3-7-12(10)17-14(19)11-6-4-8-16-13(11)18/h2-8,15H,9H2,1H3,(H,16,18)(H,17,19). The van der Waals surface area contributed by atoms with Crippen molar-refractivity contribution < 1.29 is 4.79 Å². The molecule has 0 aliphatic rings. The van der Waals surface area contributed by atoms with Crippen LogP contribution in [-0.4, -0.2) is 17.9 Å². The molecule has 0 aliphatic carbocycles. The van der Waals surface area contributed by atoms with E-state index in [4.69, 9.17) is 0 Å². The highest BCUT2D eigenvalue weighted by atomic mass is 16.2. The first kappa shape index (κ1) is 13.0. The topological polar surface area (TPSA) is 74.0 Å². The van der Waals surface area contributed by atoms with Gasteiger partial charge in [-0.05, 0) is 30.8 Å². The smallest absolute Gasteiger partial charge is 0.261 e. The lowest BCUT2D eigenvalue weighted by molar-refractivity contribution is 0.102. The fraction of sp³-hybridized carbons (Fsp3) is 0.143. The van der Waals surface area contributed by atoms with Crippen molar-refractivity contribution in [3.8, 4) is 0 Å². The number of rotatable bonds is 4. The van der Waals surface area contributed by atoms with Gasteiger partial charge >= 0.3 is 0 Å². The van der Waals surface area contributed by atoms with E-state index in [9.17, 15) is 9.59 Å². The second-order valence-electron chi connectivity index (χ2n) is 4.05. The summed E-state index contributed by atoms with van der Waals surface area (Å²) in [5.74, 6) is -0.412. The summed E-state index contributed by atoms with van der Waals surface area (Å²) in [4.78, 5) is 26.1. The van der Waals surface area contributed by atoms with Crippen LogP contribution in [0, 0.1) is 0 Å². The minimum Gasteiger partial charge on any atom is -0.328 e. The SMILES string of the molecule is CNCc1ccccc1NC(=O)c1ccc[nH]c1=O. The van der Waals surface area contributed by atoms with Gasteiger partial charge in [0.15, 0.2) is 0 Å². The maximum atomic E-state index is 12.0. The lowest BCUT2D eigenvalue weighted by Gasteiger charge is -2.10. The number of benzene rings is 1. The summed E-state index contributed by atoms with van der Waals surface area (Å²) in [6.07, 6.45) is 1.49. The van der Waals surface area contributed by atoms with Crippen molar-refractivity contribution in [2.24, 2.45) is 0 Å². The maximum Gasteiger partial charge on any atom is 0.261 e. The molecule has 0 bridgehead atoms. The van der Waals surface area contributed by atoms with E-state index in [2.05, 4.69) is 15.6 Å². The lowest BCUT2D eigenvalue weighted by Crippen LogP contribution is -2.23. The fourth-order valence-corrected chi connectivity index (χ4v) is 1.78. The first-order valence-electron chi connectivity index (χ1n) is 5.94. The molecule has 2 rings (SSSR count). The first-order chi connectivity index (χ1) is 9.22. The Morgan fingerprint density at radius 1 is 1.21 bits per heavy atom. The molecule has 0 aliphatic heterocycles. The van der Waals surface area contributed by atoms with Gasteiger partial charge in [0.2, 0.25) is 0 Å². The zero-order chi connectivity index (χ0) is 13.7. The molecule has 0 saturated heterocycles. The second-order valence-corrected chi connectivity index (χ2v) is 4.05. The molecule has 0 spiro atoms. The first-order valence-corrected chi connectivity index (χ1v) is 5.94. The highest BCUT2D eigenvalue weighted by Crippen LogP contribution is 2.15. The van der Waals surface area contributed by atoms with E-state index < -0.39 is 11.5 Å². The van der Waals surface area contributed by atoms with Crippen LogP contribution >= 0.6 is 0 Å². The Morgan fingerprint density at radius 3 is 2.74 bits per heavy atom. The average molecular weight is 257 g/mol. The summed E-state index contributed by atoms with van der Waals surface area (Å²) < 4.78 is 0. The van der Waals surface area contributed by atoms with Gasteiger partial charge in [-0.2, -0.15) is 0 Å². The number of anilines is 1. The Morgan fingerprint density at radius 2 is 2.00 bits per heavy atom. The van der Waals surface area contributed by atoms with Gasteiger partial charge in [0.1, 0.15) is 5.56 Å². The molecule has 0 unspecified atom stereocenters. The van der Waals surface area contributed by atoms with Crippen LogP contribution in [0.3, 0.4) is 0 Å². The minimum atomic E-state index is -0.412. The molecule has 0 saturated carbocycles. The summed E-state index contributed by atoms with van der Waals surface area (Å²) in [5, 5.41) is 5.78. The number of para-hydroxylation sites is 1. The van der Waals surface area contributed by atoms with Gasteiger partial charge in [0.05, 0.1) is 0 Å². The van der Waals surface area contributed by atoms with Crippen LogP contribution in [-0.2, 0) is 6.54 Å². The number of H-pyrrole nitrogens is 1. The second kappa shape index (κ2) is 5.97. The molecule has 0 radical (unpaired) electrons. The van der Waals surface area contributed by atoms with E-state index >= 15 is 0 Å². The predicted octanol–water partition coefficient (Wildman–Crippen LogP) is 1.35. The van der Waals surface area contributed by atoms with E-state index in [-0.39, 0.29) is 5.56 Å². The maximum absolute atomic E-state index is 12.0. The summed E-state index contributed by atoms with van der Waals surface area (Å²) in [7, 11) is 1.83. The summed E-state index contributed by atoms with van der Waals surface area (Å²) in [5.41, 5.74) is 1.36. The highest BCUT2D eigenvalue weighted by molar-refractivity contribution is 6.04. The zero-order valence-electron chi connectivity index (χ0n) is 10.6.